The van der Waals surface area contributed by atoms with E-state index in [0.717, 1.165) is 37.7 Å². The summed E-state index contributed by atoms with van der Waals surface area (Å²) >= 11 is -5.19. The van der Waals surface area contributed by atoms with Crippen molar-refractivity contribution < 1.29 is 21.0 Å². The van der Waals surface area contributed by atoms with E-state index >= 15 is 0 Å². The third kappa shape index (κ3) is 4.89. The molecule has 1 aliphatic heterocycles. The van der Waals surface area contributed by atoms with Crippen molar-refractivity contribution in [3.05, 3.63) is 36.0 Å². The maximum absolute atomic E-state index is 12.9. The SMILES string of the molecule is CS(=O)c1cnc(N2CCC(c3ccc(S(F)(F)F)cc3)CC2)nc1NC1(CO)CCC1. The number of hydrogen-bond donors (Lipinski definition) is 2. The molecule has 1 atom stereocenters. The van der Waals surface area contributed by atoms with Gasteiger partial charge in [-0.1, -0.05) is 12.1 Å². The number of hydrogen-bond acceptors (Lipinski definition) is 6. The summed E-state index contributed by atoms with van der Waals surface area (Å²) < 4.78 is 50.8. The number of aliphatic hydroxyl groups excluding tert-OH is 1. The first-order valence-corrected chi connectivity index (χ1v) is 13.5. The second kappa shape index (κ2) is 9.18. The highest BCUT2D eigenvalue weighted by atomic mass is 32.3. The normalized spacial score (nSPS) is 20.5. The average Bonchev–Trinajstić information content (AvgIpc) is 2.75. The quantitative estimate of drug-likeness (QED) is 0.586. The van der Waals surface area contributed by atoms with Crippen LogP contribution in [0.3, 0.4) is 0 Å². The van der Waals surface area contributed by atoms with Crippen LogP contribution in [0, 0.1) is 0 Å². The van der Waals surface area contributed by atoms with Crippen molar-refractivity contribution >= 4 is 33.8 Å². The number of piperidine rings is 1. The van der Waals surface area contributed by atoms with Crippen molar-refractivity contribution in [2.45, 2.75) is 53.4 Å². The van der Waals surface area contributed by atoms with Gasteiger partial charge >= 0.3 is 0 Å². The highest BCUT2D eigenvalue weighted by Gasteiger charge is 2.37. The molecular weight excluding hydrogens is 461 g/mol. The number of rotatable bonds is 7. The van der Waals surface area contributed by atoms with Crippen LogP contribution in [0.1, 0.15) is 43.6 Å². The number of halogens is 3. The molecular formula is C21H27F3N4O2S2. The minimum Gasteiger partial charge on any atom is -0.394 e. The Kier molecular flexibility index (Phi) is 6.69. The van der Waals surface area contributed by atoms with Gasteiger partial charge in [-0.05, 0) is 55.7 Å². The third-order valence-corrected chi connectivity index (χ3v) is 8.17. The van der Waals surface area contributed by atoms with Gasteiger partial charge in [-0.2, -0.15) is 4.98 Å². The van der Waals surface area contributed by atoms with Crippen molar-refractivity contribution in [2.24, 2.45) is 0 Å². The van der Waals surface area contributed by atoms with Crippen molar-refractivity contribution in [3.63, 3.8) is 0 Å². The standard InChI is InChI=1S/C21H27F3N4O2S2/c1-31(30)18-13-25-20(26-19(18)27-21(14-29)9-2-10-21)28-11-7-16(8-12-28)15-3-5-17(6-4-15)32(22,23)24/h3-6,13,16,29H,2,7-12,14H2,1H3,(H,25,26,27). The topological polar surface area (TPSA) is 78.4 Å². The van der Waals surface area contributed by atoms with E-state index in [-0.39, 0.29) is 12.5 Å². The van der Waals surface area contributed by atoms with Gasteiger partial charge in [0.2, 0.25) is 17.1 Å². The van der Waals surface area contributed by atoms with Gasteiger partial charge < -0.3 is 15.3 Å². The summed E-state index contributed by atoms with van der Waals surface area (Å²) in [5.41, 5.74) is 0.503. The summed E-state index contributed by atoms with van der Waals surface area (Å²) in [7, 11) is -1.27. The minimum absolute atomic E-state index is 0.0118. The van der Waals surface area contributed by atoms with E-state index < -0.39 is 32.4 Å². The predicted molar refractivity (Wildman–Crippen MR) is 121 cm³/mol. The lowest BCUT2D eigenvalue weighted by Gasteiger charge is -2.41. The second-order valence-electron chi connectivity index (χ2n) is 8.49. The van der Waals surface area contributed by atoms with Crippen LogP contribution >= 0.6 is 11.2 Å². The molecule has 11 heteroatoms. The van der Waals surface area contributed by atoms with E-state index in [1.54, 1.807) is 24.6 Å². The first-order chi connectivity index (χ1) is 15.2. The van der Waals surface area contributed by atoms with Crippen LogP contribution in [0.2, 0.25) is 0 Å². The fraction of sp³-hybridized carbons (Fsp3) is 0.524. The molecule has 0 spiro atoms. The molecule has 32 heavy (non-hydrogen) atoms. The van der Waals surface area contributed by atoms with Gasteiger partial charge in [0.25, 0.3) is 0 Å². The smallest absolute Gasteiger partial charge is 0.237 e. The molecule has 0 bridgehead atoms. The number of aliphatic hydroxyl groups is 1. The van der Waals surface area contributed by atoms with E-state index in [1.807, 2.05) is 4.90 Å². The Morgan fingerprint density at radius 1 is 1.22 bits per heavy atom. The lowest BCUT2D eigenvalue weighted by Crippen LogP contribution is -2.48. The molecule has 176 valence electrons. The minimum atomic E-state index is -5.19. The van der Waals surface area contributed by atoms with Crippen molar-refractivity contribution in [2.75, 3.05) is 36.2 Å². The van der Waals surface area contributed by atoms with Gasteiger partial charge in [0.05, 0.1) is 38.9 Å². The Labute approximate surface area is 190 Å². The van der Waals surface area contributed by atoms with Gasteiger partial charge in [-0.25, -0.2) is 4.98 Å². The maximum Gasteiger partial charge on any atom is 0.237 e. The number of nitrogens with zero attached hydrogens (tertiary/aromatic N) is 3. The third-order valence-electron chi connectivity index (χ3n) is 6.45. The molecule has 2 aromatic rings. The zero-order valence-electron chi connectivity index (χ0n) is 17.8. The summed E-state index contributed by atoms with van der Waals surface area (Å²) in [4.78, 5) is 11.1. The molecule has 2 heterocycles. The Balaban J connectivity index is 1.46. The van der Waals surface area contributed by atoms with Crippen LogP contribution in [0.5, 0.6) is 0 Å². The Morgan fingerprint density at radius 2 is 1.88 bits per heavy atom. The van der Waals surface area contributed by atoms with Crippen molar-refractivity contribution in [1.29, 1.82) is 0 Å². The average molecular weight is 489 g/mol. The van der Waals surface area contributed by atoms with Gasteiger partial charge in [-0.15, -0.1) is 11.7 Å². The summed E-state index contributed by atoms with van der Waals surface area (Å²) in [6, 6.07) is 5.54. The Morgan fingerprint density at radius 3 is 2.38 bits per heavy atom. The van der Waals surface area contributed by atoms with E-state index in [4.69, 9.17) is 0 Å². The van der Waals surface area contributed by atoms with Crippen LogP contribution in [-0.4, -0.2) is 50.8 Å². The van der Waals surface area contributed by atoms with E-state index in [1.165, 1.54) is 12.1 Å². The second-order valence-corrected chi connectivity index (χ2v) is 11.1. The Bertz CT molecular complexity index is 970. The van der Waals surface area contributed by atoms with Crippen LogP contribution in [0.15, 0.2) is 40.3 Å². The van der Waals surface area contributed by atoms with Gasteiger partial charge in [0.15, 0.2) is 0 Å². The highest BCUT2D eigenvalue weighted by molar-refractivity contribution is 8.20. The van der Waals surface area contributed by atoms with Crippen molar-refractivity contribution in [1.82, 2.24) is 9.97 Å². The zero-order valence-corrected chi connectivity index (χ0v) is 19.4. The summed E-state index contributed by atoms with van der Waals surface area (Å²) in [5.74, 6) is 1.22. The molecule has 1 unspecified atom stereocenters. The first-order valence-electron chi connectivity index (χ1n) is 10.6. The van der Waals surface area contributed by atoms with E-state index in [2.05, 4.69) is 15.3 Å². The molecule has 1 saturated carbocycles. The molecule has 4 rings (SSSR count). The molecule has 6 nitrogen and oxygen atoms in total. The van der Waals surface area contributed by atoms with Crippen LogP contribution in [0.4, 0.5) is 23.4 Å². The van der Waals surface area contributed by atoms with Crippen LogP contribution in [0.25, 0.3) is 0 Å². The molecule has 2 N–H and O–H groups in total. The van der Waals surface area contributed by atoms with Crippen molar-refractivity contribution in [3.8, 4) is 0 Å². The molecule has 0 amide bonds. The summed E-state index contributed by atoms with van der Waals surface area (Å²) in [6.07, 6.45) is 7.41. The van der Waals surface area contributed by atoms with Crippen LogP contribution in [-0.2, 0) is 10.8 Å². The number of benzene rings is 1. The highest BCUT2D eigenvalue weighted by Crippen LogP contribution is 2.60. The van der Waals surface area contributed by atoms with Gasteiger partial charge in [0.1, 0.15) is 5.82 Å². The number of anilines is 2. The largest absolute Gasteiger partial charge is 0.394 e. The fourth-order valence-electron chi connectivity index (χ4n) is 4.30. The molecule has 2 aliphatic rings. The Hall–Kier alpha value is -1.85. The molecule has 2 fully saturated rings. The fourth-order valence-corrected chi connectivity index (χ4v) is 5.31. The summed E-state index contributed by atoms with van der Waals surface area (Å²) in [6.45, 7) is 1.34. The lowest BCUT2D eigenvalue weighted by atomic mass is 9.77. The van der Waals surface area contributed by atoms with Crippen LogP contribution < -0.4 is 10.2 Å². The molecule has 1 saturated heterocycles. The number of aromatic nitrogens is 2. The molecule has 1 aliphatic carbocycles. The van der Waals surface area contributed by atoms with E-state index in [9.17, 15) is 21.0 Å². The number of nitrogens with one attached hydrogen (secondary N) is 1. The summed E-state index contributed by atoms with van der Waals surface area (Å²) in [5, 5.41) is 13.1. The van der Waals surface area contributed by atoms with Gasteiger partial charge in [0, 0.05) is 19.3 Å². The van der Waals surface area contributed by atoms with Gasteiger partial charge in [-0.3, -0.25) is 4.21 Å². The molecule has 1 aromatic carbocycles. The first kappa shape index (κ1) is 23.3. The maximum atomic E-state index is 12.9. The zero-order chi connectivity index (χ0) is 22.9. The predicted octanol–water partition coefficient (Wildman–Crippen LogP) is 4.74. The van der Waals surface area contributed by atoms with E-state index in [0.29, 0.717) is 29.8 Å². The molecule has 0 radical (unpaired) electrons. The molecule has 1 aromatic heterocycles. The monoisotopic (exact) mass is 488 g/mol. The lowest BCUT2D eigenvalue weighted by molar-refractivity contribution is 0.143.